The monoisotopic (exact) mass is 359 g/mol. The Hall–Kier alpha value is -1.60. The van der Waals surface area contributed by atoms with Crippen LogP contribution in [0.15, 0.2) is 12.7 Å². The Labute approximate surface area is 151 Å². The first-order chi connectivity index (χ1) is 11.6. The van der Waals surface area contributed by atoms with Gasteiger partial charge in [-0.15, -0.1) is 0 Å². The highest BCUT2D eigenvalue weighted by atomic mass is 16.6. The van der Waals surface area contributed by atoms with Gasteiger partial charge in [-0.25, -0.2) is 9.59 Å². The number of rotatable bonds is 12. The summed E-state index contributed by atoms with van der Waals surface area (Å²) in [6.45, 7) is 15.6. The van der Waals surface area contributed by atoms with Crippen molar-refractivity contribution >= 4 is 12.1 Å². The van der Waals surface area contributed by atoms with Crippen LogP contribution in [0.1, 0.15) is 48.0 Å². The van der Waals surface area contributed by atoms with Gasteiger partial charge < -0.3 is 24.3 Å². The van der Waals surface area contributed by atoms with Crippen LogP contribution in [0.25, 0.3) is 0 Å². The number of hydrogen-bond donors (Lipinski definition) is 1. The molecule has 0 saturated heterocycles. The molecule has 0 heterocycles. The summed E-state index contributed by atoms with van der Waals surface area (Å²) in [6, 6.07) is 0. The largest absolute Gasteiger partial charge is 0.461 e. The van der Waals surface area contributed by atoms with Crippen LogP contribution < -0.4 is 5.32 Å². The summed E-state index contributed by atoms with van der Waals surface area (Å²) in [5.41, 5.74) is -0.280. The third-order valence-corrected chi connectivity index (χ3v) is 3.04. The quantitative estimate of drug-likeness (QED) is 0.328. The predicted molar refractivity (Wildman–Crippen MR) is 95.4 cm³/mol. The van der Waals surface area contributed by atoms with E-state index in [1.165, 1.54) is 0 Å². The smallest absolute Gasteiger partial charge is 0.407 e. The molecule has 0 aromatic rings. The summed E-state index contributed by atoms with van der Waals surface area (Å²) in [7, 11) is 0. The molecule has 25 heavy (non-hydrogen) atoms. The molecule has 1 amide bonds. The molecule has 0 spiro atoms. The van der Waals surface area contributed by atoms with Gasteiger partial charge in [-0.1, -0.05) is 6.58 Å². The van der Waals surface area contributed by atoms with Crippen LogP contribution >= 0.6 is 0 Å². The number of alkyl carbamates (subject to hydrolysis) is 1. The molecule has 0 fully saturated rings. The fourth-order valence-corrected chi connectivity index (χ4v) is 2.36. The maximum atomic E-state index is 11.6. The second-order valence-corrected chi connectivity index (χ2v) is 6.79. The summed E-state index contributed by atoms with van der Waals surface area (Å²) in [4.78, 5) is 22.4. The second-order valence-electron chi connectivity index (χ2n) is 6.79. The molecule has 0 aromatic carbocycles. The summed E-state index contributed by atoms with van der Waals surface area (Å²) in [5.74, 6) is -0.532. The standard InChI is InChI=1S/C18H33NO6/c1-8-16(20)22-10-9-19-17(21)24-15(5)12-23-14(4)11-18(6,7)25-13(2)3/h8,13-15H,1,9-12H2,2-7H3,(H,19,21). The molecule has 7 nitrogen and oxygen atoms in total. The lowest BCUT2D eigenvalue weighted by molar-refractivity contribution is -0.137. The van der Waals surface area contributed by atoms with Crippen molar-refractivity contribution in [3.63, 3.8) is 0 Å². The van der Waals surface area contributed by atoms with E-state index in [0.717, 1.165) is 12.5 Å². The van der Waals surface area contributed by atoms with E-state index in [4.69, 9.17) is 18.9 Å². The molecule has 2 atom stereocenters. The molecule has 2 unspecified atom stereocenters. The van der Waals surface area contributed by atoms with E-state index < -0.39 is 18.2 Å². The van der Waals surface area contributed by atoms with Crippen LogP contribution in [-0.4, -0.2) is 55.7 Å². The highest BCUT2D eigenvalue weighted by Gasteiger charge is 2.24. The number of esters is 1. The zero-order valence-corrected chi connectivity index (χ0v) is 16.3. The van der Waals surface area contributed by atoms with E-state index in [1.54, 1.807) is 6.92 Å². The molecule has 0 aliphatic heterocycles. The molecule has 146 valence electrons. The van der Waals surface area contributed by atoms with Gasteiger partial charge in [0.15, 0.2) is 0 Å². The van der Waals surface area contributed by atoms with Gasteiger partial charge in [0.2, 0.25) is 0 Å². The van der Waals surface area contributed by atoms with Crippen molar-refractivity contribution in [2.24, 2.45) is 0 Å². The van der Waals surface area contributed by atoms with E-state index in [1.807, 2.05) is 34.6 Å². The molecule has 0 aromatic heterocycles. The highest BCUT2D eigenvalue weighted by Crippen LogP contribution is 2.20. The highest BCUT2D eigenvalue weighted by molar-refractivity contribution is 5.81. The minimum Gasteiger partial charge on any atom is -0.461 e. The summed E-state index contributed by atoms with van der Waals surface area (Å²) >= 11 is 0. The first kappa shape index (κ1) is 23.4. The van der Waals surface area contributed by atoms with Crippen LogP contribution in [0.2, 0.25) is 0 Å². The van der Waals surface area contributed by atoms with Gasteiger partial charge in [0.25, 0.3) is 0 Å². The van der Waals surface area contributed by atoms with Crippen molar-refractivity contribution in [3.8, 4) is 0 Å². The Kier molecular flexibility index (Phi) is 11.1. The summed E-state index contributed by atoms with van der Waals surface area (Å²) in [6.07, 6.45) is 0.944. The maximum Gasteiger partial charge on any atom is 0.407 e. The Morgan fingerprint density at radius 2 is 1.80 bits per heavy atom. The van der Waals surface area contributed by atoms with Gasteiger partial charge in [0.1, 0.15) is 12.7 Å². The van der Waals surface area contributed by atoms with E-state index >= 15 is 0 Å². The number of hydrogen-bond acceptors (Lipinski definition) is 6. The lowest BCUT2D eigenvalue weighted by atomic mass is 10.0. The molecule has 0 aliphatic carbocycles. The minimum absolute atomic E-state index is 0.0267. The first-order valence-corrected chi connectivity index (χ1v) is 8.59. The molecule has 7 heteroatoms. The Bertz CT molecular complexity index is 422. The van der Waals surface area contributed by atoms with Crippen molar-refractivity contribution in [1.29, 1.82) is 0 Å². The fourth-order valence-electron chi connectivity index (χ4n) is 2.36. The fraction of sp³-hybridized carbons (Fsp3) is 0.778. The Morgan fingerprint density at radius 1 is 1.16 bits per heavy atom. The average molecular weight is 359 g/mol. The van der Waals surface area contributed by atoms with Crippen LogP contribution in [0.4, 0.5) is 4.79 Å². The van der Waals surface area contributed by atoms with Gasteiger partial charge >= 0.3 is 12.1 Å². The number of carbonyl (C=O) groups excluding carboxylic acids is 2. The molecule has 0 saturated carbocycles. The lowest BCUT2D eigenvalue weighted by Gasteiger charge is -2.30. The zero-order valence-electron chi connectivity index (χ0n) is 16.3. The van der Waals surface area contributed by atoms with E-state index in [9.17, 15) is 9.59 Å². The van der Waals surface area contributed by atoms with Crippen molar-refractivity contribution in [2.75, 3.05) is 19.8 Å². The van der Waals surface area contributed by atoms with E-state index in [2.05, 4.69) is 11.9 Å². The van der Waals surface area contributed by atoms with Gasteiger partial charge in [-0.3, -0.25) is 0 Å². The molecule has 0 aliphatic rings. The zero-order chi connectivity index (χ0) is 19.5. The van der Waals surface area contributed by atoms with Crippen molar-refractivity contribution in [3.05, 3.63) is 12.7 Å². The van der Waals surface area contributed by atoms with Gasteiger partial charge in [0, 0.05) is 12.5 Å². The van der Waals surface area contributed by atoms with Crippen LogP contribution in [0, 0.1) is 0 Å². The molecule has 0 radical (unpaired) electrons. The third-order valence-electron chi connectivity index (χ3n) is 3.04. The minimum atomic E-state index is -0.582. The van der Waals surface area contributed by atoms with Gasteiger partial charge in [-0.2, -0.15) is 0 Å². The predicted octanol–water partition coefficient (Wildman–Crippen LogP) is 2.83. The SMILES string of the molecule is C=CC(=O)OCCNC(=O)OC(C)COC(C)CC(C)(C)OC(C)C. The number of ether oxygens (including phenoxy) is 4. The van der Waals surface area contributed by atoms with Crippen molar-refractivity contribution in [1.82, 2.24) is 5.32 Å². The van der Waals surface area contributed by atoms with Crippen LogP contribution in [0.3, 0.4) is 0 Å². The molecule has 1 N–H and O–H groups in total. The Morgan fingerprint density at radius 3 is 2.36 bits per heavy atom. The summed E-state index contributed by atoms with van der Waals surface area (Å²) < 4.78 is 21.5. The summed E-state index contributed by atoms with van der Waals surface area (Å²) in [5, 5.41) is 2.49. The first-order valence-electron chi connectivity index (χ1n) is 8.59. The Balaban J connectivity index is 3.94. The van der Waals surface area contributed by atoms with Gasteiger partial charge in [-0.05, 0) is 41.5 Å². The molecular weight excluding hydrogens is 326 g/mol. The van der Waals surface area contributed by atoms with E-state index in [0.29, 0.717) is 0 Å². The third kappa shape index (κ3) is 13.4. The number of nitrogens with one attached hydrogen (secondary N) is 1. The van der Waals surface area contributed by atoms with E-state index in [-0.39, 0.29) is 37.6 Å². The average Bonchev–Trinajstić information content (AvgIpc) is 2.47. The van der Waals surface area contributed by atoms with Gasteiger partial charge in [0.05, 0.1) is 31.0 Å². The number of amides is 1. The topological polar surface area (TPSA) is 83.1 Å². The molecule has 0 rings (SSSR count). The normalized spacial score (nSPS) is 13.9. The van der Waals surface area contributed by atoms with Crippen LogP contribution in [0.5, 0.6) is 0 Å². The van der Waals surface area contributed by atoms with Crippen LogP contribution in [-0.2, 0) is 23.7 Å². The maximum absolute atomic E-state index is 11.6. The molecule has 0 bridgehead atoms. The lowest BCUT2D eigenvalue weighted by Crippen LogP contribution is -2.35. The molecular formula is C18H33NO6. The second kappa shape index (κ2) is 11.9. The number of carbonyl (C=O) groups is 2. The van der Waals surface area contributed by atoms with Crippen molar-refractivity contribution in [2.45, 2.75) is 71.9 Å². The van der Waals surface area contributed by atoms with Crippen molar-refractivity contribution < 1.29 is 28.5 Å².